The fourth-order valence-corrected chi connectivity index (χ4v) is 3.45. The van der Waals surface area contributed by atoms with Gasteiger partial charge in [0.1, 0.15) is 5.82 Å². The average Bonchev–Trinajstić information content (AvgIpc) is 2.32. The summed E-state index contributed by atoms with van der Waals surface area (Å²) in [5.41, 5.74) is 0. The zero-order valence-corrected chi connectivity index (χ0v) is 12.2. The number of sulfonamides is 1. The van der Waals surface area contributed by atoms with E-state index in [2.05, 4.69) is 10.0 Å². The zero-order chi connectivity index (χ0) is 13.2. The Labute approximate surface area is 119 Å². The van der Waals surface area contributed by atoms with Gasteiger partial charge in [0.2, 0.25) is 10.0 Å². The van der Waals surface area contributed by atoms with Gasteiger partial charge in [-0.05, 0) is 49.7 Å². The quantitative estimate of drug-likeness (QED) is 0.890. The van der Waals surface area contributed by atoms with E-state index in [1.54, 1.807) is 0 Å². The Kier molecular flexibility index (Phi) is 5.73. The number of nitrogens with one attached hydrogen (secondary N) is 2. The highest BCUT2D eigenvalue weighted by molar-refractivity contribution is 7.89. The Hall–Kier alpha value is -0.690. The number of halogens is 2. The molecule has 7 heteroatoms. The molecule has 0 bridgehead atoms. The fourth-order valence-electron chi connectivity index (χ4n) is 2.07. The number of hydrogen-bond acceptors (Lipinski definition) is 3. The van der Waals surface area contributed by atoms with Gasteiger partial charge in [-0.15, -0.1) is 12.4 Å². The third kappa shape index (κ3) is 4.14. The molecule has 0 aromatic heterocycles. The predicted molar refractivity (Wildman–Crippen MR) is 74.4 cm³/mol. The van der Waals surface area contributed by atoms with Gasteiger partial charge >= 0.3 is 0 Å². The Morgan fingerprint density at radius 3 is 2.53 bits per heavy atom. The summed E-state index contributed by atoms with van der Waals surface area (Å²) >= 11 is 0. The van der Waals surface area contributed by atoms with Gasteiger partial charge in [-0.2, -0.15) is 0 Å². The second kappa shape index (κ2) is 6.65. The van der Waals surface area contributed by atoms with E-state index in [-0.39, 0.29) is 29.3 Å². The lowest BCUT2D eigenvalue weighted by Gasteiger charge is -2.29. The molecule has 1 aliphatic rings. The monoisotopic (exact) mass is 308 g/mol. The van der Waals surface area contributed by atoms with E-state index in [0.717, 1.165) is 31.6 Å². The minimum Gasteiger partial charge on any atom is -0.316 e. The molecule has 2 N–H and O–H groups in total. The van der Waals surface area contributed by atoms with E-state index in [4.69, 9.17) is 0 Å². The van der Waals surface area contributed by atoms with Crippen molar-refractivity contribution < 1.29 is 12.8 Å². The van der Waals surface area contributed by atoms with Crippen LogP contribution in [0, 0.1) is 11.7 Å². The van der Waals surface area contributed by atoms with E-state index in [1.165, 1.54) is 12.1 Å². The fraction of sp³-hybridized carbons (Fsp3) is 0.500. The molecular formula is C12H18ClFN2O2S. The normalized spacial score (nSPS) is 23.7. The first-order valence-electron chi connectivity index (χ1n) is 5.97. The van der Waals surface area contributed by atoms with Gasteiger partial charge in [0, 0.05) is 6.04 Å². The predicted octanol–water partition coefficient (Wildman–Crippen LogP) is 1.52. The van der Waals surface area contributed by atoms with E-state index >= 15 is 0 Å². The van der Waals surface area contributed by atoms with Crippen LogP contribution in [-0.2, 0) is 10.0 Å². The Bertz CT molecular complexity index is 507. The van der Waals surface area contributed by atoms with Crippen molar-refractivity contribution in [3.05, 3.63) is 30.1 Å². The number of benzene rings is 1. The largest absolute Gasteiger partial charge is 0.316 e. The van der Waals surface area contributed by atoms with Gasteiger partial charge in [0.05, 0.1) is 4.90 Å². The van der Waals surface area contributed by atoms with E-state index < -0.39 is 15.8 Å². The molecule has 0 spiro atoms. The Morgan fingerprint density at radius 1 is 1.32 bits per heavy atom. The maximum Gasteiger partial charge on any atom is 0.240 e. The van der Waals surface area contributed by atoms with Crippen LogP contribution in [0.3, 0.4) is 0 Å². The molecule has 0 aliphatic carbocycles. The van der Waals surface area contributed by atoms with Crippen LogP contribution in [0.25, 0.3) is 0 Å². The molecule has 0 radical (unpaired) electrons. The summed E-state index contributed by atoms with van der Waals surface area (Å²) in [4.78, 5) is 0.106. The summed E-state index contributed by atoms with van der Waals surface area (Å²) in [7, 11) is -3.55. The number of hydrogen-bond donors (Lipinski definition) is 2. The van der Waals surface area contributed by atoms with Crippen LogP contribution in [0.4, 0.5) is 4.39 Å². The molecule has 1 saturated heterocycles. The average molecular weight is 309 g/mol. The summed E-state index contributed by atoms with van der Waals surface area (Å²) < 4.78 is 39.7. The van der Waals surface area contributed by atoms with Crippen molar-refractivity contribution in [1.29, 1.82) is 0 Å². The second-order valence-corrected chi connectivity index (χ2v) is 6.37. The lowest BCUT2D eigenvalue weighted by Crippen LogP contribution is -2.48. The topological polar surface area (TPSA) is 58.2 Å². The summed E-state index contributed by atoms with van der Waals surface area (Å²) in [6, 6.07) is 4.80. The molecule has 2 rings (SSSR count). The first kappa shape index (κ1) is 16.4. The van der Waals surface area contributed by atoms with Crippen molar-refractivity contribution in [3.8, 4) is 0 Å². The summed E-state index contributed by atoms with van der Waals surface area (Å²) in [5.74, 6) is -0.196. The lowest BCUT2D eigenvalue weighted by atomic mass is 9.97. The second-order valence-electron chi connectivity index (χ2n) is 4.65. The molecule has 1 aromatic rings. The zero-order valence-electron chi connectivity index (χ0n) is 10.6. The third-order valence-electron chi connectivity index (χ3n) is 3.22. The molecule has 0 saturated carbocycles. The van der Waals surface area contributed by atoms with Crippen LogP contribution in [0.2, 0.25) is 0 Å². The highest BCUT2D eigenvalue weighted by Crippen LogP contribution is 2.15. The summed E-state index contributed by atoms with van der Waals surface area (Å²) in [5, 5.41) is 3.21. The standard InChI is InChI=1S/C12H17FN2O2S.ClH/c1-9-8-14-7-6-12(9)15-18(16,17)11-4-2-10(13)3-5-11;/h2-5,9,12,14-15H,6-8H2,1H3;1H. The van der Waals surface area contributed by atoms with Crippen LogP contribution in [-0.4, -0.2) is 27.5 Å². The number of rotatable bonds is 3. The smallest absolute Gasteiger partial charge is 0.240 e. The molecule has 0 amide bonds. The van der Waals surface area contributed by atoms with Gasteiger partial charge in [-0.3, -0.25) is 0 Å². The van der Waals surface area contributed by atoms with Gasteiger partial charge < -0.3 is 5.32 Å². The minimum absolute atomic E-state index is 0. The summed E-state index contributed by atoms with van der Waals surface area (Å²) in [6.07, 6.45) is 0.765. The molecular weight excluding hydrogens is 291 g/mol. The first-order chi connectivity index (χ1) is 8.49. The number of piperidine rings is 1. The van der Waals surface area contributed by atoms with Crippen LogP contribution in [0.15, 0.2) is 29.2 Å². The van der Waals surface area contributed by atoms with E-state index in [9.17, 15) is 12.8 Å². The molecule has 1 aromatic carbocycles. The van der Waals surface area contributed by atoms with E-state index in [0.29, 0.717) is 0 Å². The van der Waals surface area contributed by atoms with Crippen LogP contribution in [0.5, 0.6) is 0 Å². The van der Waals surface area contributed by atoms with Crippen molar-refractivity contribution in [2.45, 2.75) is 24.3 Å². The van der Waals surface area contributed by atoms with Crippen molar-refractivity contribution in [3.63, 3.8) is 0 Å². The first-order valence-corrected chi connectivity index (χ1v) is 7.46. The van der Waals surface area contributed by atoms with Crippen LogP contribution in [0.1, 0.15) is 13.3 Å². The van der Waals surface area contributed by atoms with Gasteiger partial charge in [-0.1, -0.05) is 6.92 Å². The van der Waals surface area contributed by atoms with Gasteiger partial charge in [-0.25, -0.2) is 17.5 Å². The van der Waals surface area contributed by atoms with Gasteiger partial charge in [0.15, 0.2) is 0 Å². The van der Waals surface area contributed by atoms with Crippen LogP contribution >= 0.6 is 12.4 Å². The van der Waals surface area contributed by atoms with Crippen molar-refractivity contribution >= 4 is 22.4 Å². The highest BCUT2D eigenvalue weighted by Gasteiger charge is 2.26. The third-order valence-corrected chi connectivity index (χ3v) is 4.72. The molecule has 4 nitrogen and oxygen atoms in total. The van der Waals surface area contributed by atoms with Crippen LogP contribution < -0.4 is 10.0 Å². The molecule has 1 fully saturated rings. The maximum atomic E-state index is 12.8. The van der Waals surface area contributed by atoms with Crippen molar-refractivity contribution in [2.24, 2.45) is 5.92 Å². The van der Waals surface area contributed by atoms with Crippen molar-refractivity contribution in [1.82, 2.24) is 10.0 Å². The maximum absolute atomic E-state index is 12.8. The Morgan fingerprint density at radius 2 is 1.95 bits per heavy atom. The van der Waals surface area contributed by atoms with E-state index in [1.807, 2.05) is 6.92 Å². The Balaban J connectivity index is 0.00000180. The van der Waals surface area contributed by atoms with Crippen molar-refractivity contribution in [2.75, 3.05) is 13.1 Å². The lowest BCUT2D eigenvalue weighted by molar-refractivity contribution is 0.328. The highest BCUT2D eigenvalue weighted by atomic mass is 35.5. The molecule has 1 aliphatic heterocycles. The molecule has 19 heavy (non-hydrogen) atoms. The van der Waals surface area contributed by atoms with Gasteiger partial charge in [0.25, 0.3) is 0 Å². The molecule has 2 unspecified atom stereocenters. The molecule has 108 valence electrons. The minimum atomic E-state index is -3.55. The molecule has 1 heterocycles. The SMILES string of the molecule is CC1CNCCC1NS(=O)(=O)c1ccc(F)cc1.Cl. The molecule has 2 atom stereocenters. The summed E-state index contributed by atoms with van der Waals surface area (Å²) in [6.45, 7) is 3.61.